The van der Waals surface area contributed by atoms with Gasteiger partial charge in [-0.25, -0.2) is 16.8 Å². The number of benzene rings is 4. The van der Waals surface area contributed by atoms with Crippen molar-refractivity contribution < 1.29 is 39.7 Å². The minimum absolute atomic E-state index is 0.0513. The maximum atomic E-state index is 13.4. The molecule has 0 fully saturated rings. The van der Waals surface area contributed by atoms with E-state index in [9.17, 15) is 39.7 Å². The summed E-state index contributed by atoms with van der Waals surface area (Å²) < 4.78 is 85.8. The molecule has 216 valence electrons. The van der Waals surface area contributed by atoms with Gasteiger partial charge in [-0.05, 0) is 61.5 Å². The standard InChI is InChI=1S/C26H25N3O9S3/c1-3-29(18-12-10-17(11-13-18)27-39(2,32)33)26(31)23-15-14-21-22(25(23)30)8-5-9-24(21)28-40(34,35)19-6-4-7-20(16-19)41(36,37)38/h4-16,27-28,30H,3H2,1-2H3,(H,36,37,38). The van der Waals surface area contributed by atoms with Crippen molar-refractivity contribution in [3.05, 3.63) is 84.4 Å². The van der Waals surface area contributed by atoms with Crippen LogP contribution in [0.15, 0.2) is 88.7 Å². The second-order valence-corrected chi connectivity index (χ2v) is 13.7. The number of sulfonamides is 2. The number of phenolic OH excluding ortho intramolecular Hbond substituents is 1. The molecular weight excluding hydrogens is 594 g/mol. The van der Waals surface area contributed by atoms with Crippen molar-refractivity contribution in [1.29, 1.82) is 0 Å². The van der Waals surface area contributed by atoms with Crippen molar-refractivity contribution in [2.75, 3.05) is 27.1 Å². The quantitative estimate of drug-likeness (QED) is 0.203. The Labute approximate surface area is 237 Å². The predicted molar refractivity (Wildman–Crippen MR) is 155 cm³/mol. The molecule has 1 amide bonds. The zero-order valence-corrected chi connectivity index (χ0v) is 24.1. The zero-order chi connectivity index (χ0) is 30.2. The summed E-state index contributed by atoms with van der Waals surface area (Å²) >= 11 is 0. The average molecular weight is 620 g/mol. The Hall–Kier alpha value is -4.18. The monoisotopic (exact) mass is 619 g/mol. The van der Waals surface area contributed by atoms with Gasteiger partial charge in [0.15, 0.2) is 0 Å². The molecule has 4 rings (SSSR count). The number of rotatable bonds is 9. The van der Waals surface area contributed by atoms with Crippen molar-refractivity contribution in [2.45, 2.75) is 16.7 Å². The van der Waals surface area contributed by atoms with E-state index in [1.54, 1.807) is 19.1 Å². The first-order valence-corrected chi connectivity index (χ1v) is 16.7. The predicted octanol–water partition coefficient (Wildman–Crippen LogP) is 3.63. The van der Waals surface area contributed by atoms with E-state index in [0.717, 1.165) is 24.5 Å². The van der Waals surface area contributed by atoms with Crippen LogP contribution >= 0.6 is 0 Å². The minimum atomic E-state index is -4.64. The van der Waals surface area contributed by atoms with Crippen molar-refractivity contribution in [3.63, 3.8) is 0 Å². The molecule has 0 aliphatic carbocycles. The van der Waals surface area contributed by atoms with Gasteiger partial charge >= 0.3 is 0 Å². The fourth-order valence-electron chi connectivity index (χ4n) is 4.12. The minimum Gasteiger partial charge on any atom is -0.506 e. The lowest BCUT2D eigenvalue weighted by molar-refractivity contribution is 0.0986. The first kappa shape index (κ1) is 29.8. The Morgan fingerprint density at radius 1 is 0.805 bits per heavy atom. The number of amides is 1. The van der Waals surface area contributed by atoms with Crippen LogP contribution in [0, 0.1) is 0 Å². The molecule has 0 atom stereocenters. The van der Waals surface area contributed by atoms with E-state index in [1.165, 1.54) is 53.4 Å². The van der Waals surface area contributed by atoms with Crippen molar-refractivity contribution >= 4 is 63.9 Å². The molecule has 0 aliphatic heterocycles. The van der Waals surface area contributed by atoms with Crippen LogP contribution in [0.25, 0.3) is 10.8 Å². The van der Waals surface area contributed by atoms with Gasteiger partial charge < -0.3 is 10.0 Å². The normalized spacial score (nSPS) is 12.2. The van der Waals surface area contributed by atoms with Crippen LogP contribution < -0.4 is 14.3 Å². The van der Waals surface area contributed by atoms with Crippen molar-refractivity contribution in [2.24, 2.45) is 0 Å². The van der Waals surface area contributed by atoms with Crippen LogP contribution in [0.3, 0.4) is 0 Å². The fourth-order valence-corrected chi connectivity index (χ4v) is 6.41. The number of carbonyl (C=O) groups is 1. The molecule has 41 heavy (non-hydrogen) atoms. The molecule has 0 heterocycles. The molecule has 4 aromatic carbocycles. The summed E-state index contributed by atoms with van der Waals surface area (Å²) in [5.41, 5.74) is 0.756. The Balaban J connectivity index is 1.67. The second-order valence-electron chi connectivity index (χ2n) is 8.89. The van der Waals surface area contributed by atoms with E-state index >= 15 is 0 Å². The fraction of sp³-hybridized carbons (Fsp3) is 0.115. The Kier molecular flexibility index (Phi) is 8.00. The van der Waals surface area contributed by atoms with Crippen LogP contribution in [0.1, 0.15) is 17.3 Å². The maximum absolute atomic E-state index is 13.4. The third-order valence-corrected chi connectivity index (χ3v) is 8.78. The van der Waals surface area contributed by atoms with Crippen LogP contribution in [-0.2, 0) is 30.2 Å². The lowest BCUT2D eigenvalue weighted by Crippen LogP contribution is -2.30. The summed E-state index contributed by atoms with van der Waals surface area (Å²) in [5.74, 6) is -0.945. The van der Waals surface area contributed by atoms with Crippen LogP contribution in [0.4, 0.5) is 17.1 Å². The number of hydrogen-bond donors (Lipinski definition) is 4. The molecule has 0 saturated heterocycles. The molecule has 0 radical (unpaired) electrons. The van der Waals surface area contributed by atoms with E-state index in [4.69, 9.17) is 0 Å². The number of nitrogens with one attached hydrogen (secondary N) is 2. The topological polar surface area (TPSA) is 187 Å². The number of phenols is 1. The van der Waals surface area contributed by atoms with Gasteiger partial charge in [0, 0.05) is 28.7 Å². The van der Waals surface area contributed by atoms with Crippen LogP contribution in [-0.4, -0.2) is 53.6 Å². The zero-order valence-electron chi connectivity index (χ0n) is 21.6. The third-order valence-electron chi connectivity index (χ3n) is 5.97. The molecule has 0 spiro atoms. The molecule has 4 aromatic rings. The lowest BCUT2D eigenvalue weighted by Gasteiger charge is -2.22. The van der Waals surface area contributed by atoms with Gasteiger partial charge in [-0.3, -0.25) is 18.8 Å². The highest BCUT2D eigenvalue weighted by atomic mass is 32.2. The van der Waals surface area contributed by atoms with E-state index in [1.807, 2.05) is 0 Å². The molecule has 15 heteroatoms. The van der Waals surface area contributed by atoms with Gasteiger partial charge in [-0.1, -0.05) is 24.3 Å². The largest absolute Gasteiger partial charge is 0.506 e. The summed E-state index contributed by atoms with van der Waals surface area (Å²) in [5, 5.41) is 11.5. The van der Waals surface area contributed by atoms with Gasteiger partial charge in [0.05, 0.1) is 27.3 Å². The van der Waals surface area contributed by atoms with Gasteiger partial charge in [0.25, 0.3) is 26.0 Å². The molecule has 12 nitrogen and oxygen atoms in total. The van der Waals surface area contributed by atoms with Crippen molar-refractivity contribution in [1.82, 2.24) is 0 Å². The molecule has 0 saturated carbocycles. The van der Waals surface area contributed by atoms with Gasteiger partial charge in [-0.2, -0.15) is 8.42 Å². The summed E-state index contributed by atoms with van der Waals surface area (Å²) in [4.78, 5) is 13.8. The highest BCUT2D eigenvalue weighted by Gasteiger charge is 2.23. The number of aromatic hydroxyl groups is 1. The Morgan fingerprint density at radius 2 is 1.44 bits per heavy atom. The van der Waals surface area contributed by atoms with E-state index < -0.39 is 51.6 Å². The Morgan fingerprint density at radius 3 is 2.05 bits per heavy atom. The SMILES string of the molecule is CCN(C(=O)c1ccc2c(NS(=O)(=O)c3cccc(S(=O)(=O)O)c3)cccc2c1O)c1ccc(NS(C)(=O)=O)cc1. The number of nitrogens with zero attached hydrogens (tertiary/aromatic N) is 1. The van der Waals surface area contributed by atoms with E-state index in [-0.39, 0.29) is 28.6 Å². The number of hydrogen-bond acceptors (Lipinski definition) is 8. The second kappa shape index (κ2) is 11.0. The summed E-state index contributed by atoms with van der Waals surface area (Å²) in [7, 11) is -12.4. The highest BCUT2D eigenvalue weighted by molar-refractivity contribution is 7.93. The van der Waals surface area contributed by atoms with Crippen molar-refractivity contribution in [3.8, 4) is 5.75 Å². The molecule has 0 aliphatic rings. The molecule has 0 unspecified atom stereocenters. The third kappa shape index (κ3) is 6.59. The number of carbonyl (C=O) groups excluding carboxylic acids is 1. The van der Waals surface area contributed by atoms with E-state index in [0.29, 0.717) is 11.4 Å². The van der Waals surface area contributed by atoms with Crippen LogP contribution in [0.2, 0.25) is 0 Å². The molecular formula is C26H25N3O9S3. The number of fused-ring (bicyclic) bond motifs is 1. The summed E-state index contributed by atoms with van der Waals surface area (Å²) in [6.07, 6.45) is 1.02. The summed E-state index contributed by atoms with van der Waals surface area (Å²) in [6, 6.07) is 17.5. The number of anilines is 3. The highest BCUT2D eigenvalue weighted by Crippen LogP contribution is 2.35. The first-order chi connectivity index (χ1) is 19.1. The lowest BCUT2D eigenvalue weighted by atomic mass is 10.0. The Bertz CT molecular complexity index is 1980. The van der Waals surface area contributed by atoms with Gasteiger partial charge in [0.1, 0.15) is 5.75 Å². The first-order valence-electron chi connectivity index (χ1n) is 11.9. The molecule has 0 bridgehead atoms. The summed E-state index contributed by atoms with van der Waals surface area (Å²) in [6.45, 7) is 1.94. The molecule has 0 aromatic heterocycles. The van der Waals surface area contributed by atoms with Crippen LogP contribution in [0.5, 0.6) is 5.75 Å². The molecule has 4 N–H and O–H groups in total. The maximum Gasteiger partial charge on any atom is 0.294 e. The average Bonchev–Trinajstić information content (AvgIpc) is 2.89. The van der Waals surface area contributed by atoms with Gasteiger partial charge in [0.2, 0.25) is 10.0 Å². The van der Waals surface area contributed by atoms with Gasteiger partial charge in [-0.15, -0.1) is 0 Å². The van der Waals surface area contributed by atoms with E-state index in [2.05, 4.69) is 9.44 Å². The smallest absolute Gasteiger partial charge is 0.294 e.